The first-order valence-corrected chi connectivity index (χ1v) is 4.14. The van der Waals surface area contributed by atoms with Gasteiger partial charge in [0.15, 0.2) is 0 Å². The van der Waals surface area contributed by atoms with E-state index in [1.165, 1.54) is 0 Å². The van der Waals surface area contributed by atoms with Crippen LogP contribution in [0.5, 0.6) is 0 Å². The zero-order valence-corrected chi connectivity index (χ0v) is 7.04. The Bertz CT molecular complexity index is 167. The van der Waals surface area contributed by atoms with Crippen LogP contribution in [0.3, 0.4) is 0 Å². The third-order valence-electron chi connectivity index (χ3n) is 2.28. The average Bonchev–Trinajstić information content (AvgIpc) is 2.13. The second-order valence-corrected chi connectivity index (χ2v) is 3.23. The second kappa shape index (κ2) is 4.32. The molecule has 1 aliphatic heterocycles. The molecule has 1 aliphatic rings. The lowest BCUT2D eigenvalue weighted by atomic mass is 9.93. The van der Waals surface area contributed by atoms with E-state index in [1.54, 1.807) is 0 Å². The molecule has 0 aromatic rings. The lowest BCUT2D eigenvalue weighted by molar-refractivity contribution is -0.118. The molecule has 1 saturated heterocycles. The van der Waals surface area contributed by atoms with E-state index in [9.17, 15) is 15.3 Å². The van der Waals surface area contributed by atoms with Gasteiger partial charge in [0.25, 0.3) is 0 Å². The van der Waals surface area contributed by atoms with E-state index in [4.69, 9.17) is 10.2 Å². The Kier molecular flexibility index (Phi) is 3.60. The van der Waals surface area contributed by atoms with Gasteiger partial charge in [-0.25, -0.2) is 0 Å². The molecular weight excluding hydrogens is 178 g/mol. The van der Waals surface area contributed by atoms with Crippen molar-refractivity contribution in [2.45, 2.75) is 30.5 Å². The van der Waals surface area contributed by atoms with E-state index >= 15 is 0 Å². The first-order valence-electron chi connectivity index (χ1n) is 4.14. The van der Waals surface area contributed by atoms with Gasteiger partial charge in [0.1, 0.15) is 12.2 Å². The summed E-state index contributed by atoms with van der Waals surface area (Å²) in [5.74, 6) is 0. The molecule has 0 unspecified atom stereocenters. The molecule has 13 heavy (non-hydrogen) atoms. The zero-order chi connectivity index (χ0) is 10.0. The van der Waals surface area contributed by atoms with Gasteiger partial charge in [-0.1, -0.05) is 0 Å². The predicted molar refractivity (Wildman–Crippen MR) is 42.9 cm³/mol. The molecule has 1 fully saturated rings. The molecule has 6 heteroatoms. The highest BCUT2D eigenvalue weighted by Gasteiger charge is 2.39. The van der Waals surface area contributed by atoms with Crippen molar-refractivity contribution in [3.05, 3.63) is 0 Å². The third-order valence-corrected chi connectivity index (χ3v) is 2.28. The van der Waals surface area contributed by atoms with Crippen molar-refractivity contribution in [3.8, 4) is 0 Å². The maximum Gasteiger partial charge on any atom is 0.109 e. The molecule has 0 aromatic carbocycles. The fourth-order valence-electron chi connectivity index (χ4n) is 1.42. The molecule has 1 rings (SSSR count). The Morgan fingerprint density at radius 3 is 2.38 bits per heavy atom. The first kappa shape index (κ1) is 10.8. The standard InChI is InChI=1S/C7H15NO5/c9-2-4(11)5-7(13)6(12)3(10)1-8-5/h3-13H,1-2H2/t3-,4+,5-,6+,7+/m0/s1. The summed E-state index contributed by atoms with van der Waals surface area (Å²) in [6, 6.07) is -0.802. The summed E-state index contributed by atoms with van der Waals surface area (Å²) in [4.78, 5) is 0. The van der Waals surface area contributed by atoms with Gasteiger partial charge in [-0.3, -0.25) is 0 Å². The van der Waals surface area contributed by atoms with Crippen LogP contribution < -0.4 is 5.32 Å². The molecule has 6 nitrogen and oxygen atoms in total. The molecule has 0 aromatic heterocycles. The quantitative estimate of drug-likeness (QED) is 0.270. The maximum atomic E-state index is 9.37. The van der Waals surface area contributed by atoms with Crippen LogP contribution in [0.2, 0.25) is 0 Å². The van der Waals surface area contributed by atoms with Crippen molar-refractivity contribution in [1.82, 2.24) is 5.32 Å². The van der Waals surface area contributed by atoms with Crippen LogP contribution in [-0.2, 0) is 0 Å². The first-order chi connectivity index (χ1) is 6.07. The summed E-state index contributed by atoms with van der Waals surface area (Å²) >= 11 is 0. The molecule has 6 N–H and O–H groups in total. The normalized spacial score (nSPS) is 43.2. The van der Waals surface area contributed by atoms with Crippen molar-refractivity contribution in [2.24, 2.45) is 0 Å². The van der Waals surface area contributed by atoms with Crippen molar-refractivity contribution in [1.29, 1.82) is 0 Å². The largest absolute Gasteiger partial charge is 0.394 e. The van der Waals surface area contributed by atoms with E-state index in [0.29, 0.717) is 0 Å². The van der Waals surface area contributed by atoms with Gasteiger partial charge in [0, 0.05) is 6.54 Å². The van der Waals surface area contributed by atoms with Crippen LogP contribution in [0.25, 0.3) is 0 Å². The molecule has 0 bridgehead atoms. The monoisotopic (exact) mass is 193 g/mol. The molecule has 5 atom stereocenters. The highest BCUT2D eigenvalue weighted by Crippen LogP contribution is 2.13. The molecule has 0 amide bonds. The summed E-state index contributed by atoms with van der Waals surface area (Å²) in [6.45, 7) is -0.419. The number of β-amino-alcohol motifs (C(OH)–C–C–N with tert-alkyl or cyclic N) is 1. The number of hydrogen-bond donors (Lipinski definition) is 6. The summed E-state index contributed by atoms with van der Waals surface area (Å²) in [5, 5.41) is 48.1. The highest BCUT2D eigenvalue weighted by atomic mass is 16.4. The van der Waals surface area contributed by atoms with Crippen LogP contribution in [0.4, 0.5) is 0 Å². The van der Waals surface area contributed by atoms with Crippen LogP contribution >= 0.6 is 0 Å². The van der Waals surface area contributed by atoms with E-state index in [1.807, 2.05) is 0 Å². The van der Waals surface area contributed by atoms with Gasteiger partial charge in [-0.05, 0) is 0 Å². The number of rotatable bonds is 2. The Labute approximate surface area is 75.4 Å². The van der Waals surface area contributed by atoms with E-state index in [0.717, 1.165) is 0 Å². The third kappa shape index (κ3) is 2.16. The van der Waals surface area contributed by atoms with Gasteiger partial charge < -0.3 is 30.8 Å². The minimum Gasteiger partial charge on any atom is -0.394 e. The van der Waals surface area contributed by atoms with Crippen LogP contribution in [0, 0.1) is 0 Å². The van der Waals surface area contributed by atoms with Crippen LogP contribution in [-0.4, -0.2) is 69.1 Å². The SMILES string of the molecule is OC[C@@H](O)[C@@H]1NC[C@H](O)[C@@H](O)[C@@H]1O. The number of nitrogens with one attached hydrogen (secondary N) is 1. The topological polar surface area (TPSA) is 113 Å². The van der Waals surface area contributed by atoms with E-state index in [-0.39, 0.29) is 6.54 Å². The smallest absolute Gasteiger partial charge is 0.109 e. The summed E-state index contributed by atoms with van der Waals surface area (Å²) < 4.78 is 0. The fourth-order valence-corrected chi connectivity index (χ4v) is 1.42. The van der Waals surface area contributed by atoms with Crippen molar-refractivity contribution in [2.75, 3.05) is 13.2 Å². The molecule has 1 heterocycles. The van der Waals surface area contributed by atoms with Crippen molar-refractivity contribution < 1.29 is 25.5 Å². The molecule has 0 radical (unpaired) electrons. The summed E-state index contributed by atoms with van der Waals surface area (Å²) in [6.07, 6.45) is -4.74. The number of aliphatic hydroxyl groups is 5. The van der Waals surface area contributed by atoms with Gasteiger partial charge in [-0.2, -0.15) is 0 Å². The summed E-state index contributed by atoms with van der Waals surface area (Å²) in [5.41, 5.74) is 0. The van der Waals surface area contributed by atoms with Crippen molar-refractivity contribution in [3.63, 3.8) is 0 Å². The number of hydrogen-bond acceptors (Lipinski definition) is 6. The van der Waals surface area contributed by atoms with Gasteiger partial charge in [0.05, 0.1) is 24.9 Å². The lowest BCUT2D eigenvalue weighted by Crippen LogP contribution is -2.63. The Morgan fingerprint density at radius 1 is 1.23 bits per heavy atom. The molecule has 0 saturated carbocycles. The lowest BCUT2D eigenvalue weighted by Gasteiger charge is -2.37. The Balaban J connectivity index is 2.58. The minimum absolute atomic E-state index is 0.0833. The van der Waals surface area contributed by atoms with Gasteiger partial charge >= 0.3 is 0 Å². The van der Waals surface area contributed by atoms with E-state index in [2.05, 4.69) is 5.32 Å². The van der Waals surface area contributed by atoms with E-state index < -0.39 is 37.1 Å². The highest BCUT2D eigenvalue weighted by molar-refractivity contribution is 4.95. The molecule has 0 spiro atoms. The molecule has 0 aliphatic carbocycles. The minimum atomic E-state index is -1.28. The molecule has 78 valence electrons. The van der Waals surface area contributed by atoms with Crippen molar-refractivity contribution >= 4 is 0 Å². The van der Waals surface area contributed by atoms with Crippen LogP contribution in [0.15, 0.2) is 0 Å². The maximum absolute atomic E-state index is 9.37. The van der Waals surface area contributed by atoms with Gasteiger partial charge in [-0.15, -0.1) is 0 Å². The predicted octanol–water partition coefficient (Wildman–Crippen LogP) is -3.61. The summed E-state index contributed by atoms with van der Waals surface area (Å²) in [7, 11) is 0. The Hall–Kier alpha value is -0.240. The zero-order valence-electron chi connectivity index (χ0n) is 7.04. The van der Waals surface area contributed by atoms with Crippen LogP contribution in [0.1, 0.15) is 0 Å². The molecular formula is C7H15NO5. The average molecular weight is 193 g/mol. The van der Waals surface area contributed by atoms with Gasteiger partial charge in [0.2, 0.25) is 0 Å². The number of aliphatic hydroxyl groups excluding tert-OH is 5. The second-order valence-electron chi connectivity index (χ2n) is 3.23. The fraction of sp³-hybridized carbons (Fsp3) is 1.00. The Morgan fingerprint density at radius 2 is 1.85 bits per heavy atom. The number of piperidine rings is 1.